The summed E-state index contributed by atoms with van der Waals surface area (Å²) in [4.78, 5) is 23.3. The molecule has 94 valence electrons. The van der Waals surface area contributed by atoms with Gasteiger partial charge in [-0.2, -0.15) is 0 Å². The van der Waals surface area contributed by atoms with E-state index in [0.717, 1.165) is 0 Å². The third-order valence-corrected chi connectivity index (χ3v) is 3.16. The van der Waals surface area contributed by atoms with E-state index in [2.05, 4.69) is 15.9 Å². The van der Waals surface area contributed by atoms with Crippen LogP contribution < -0.4 is 0 Å². The molecule has 0 aliphatic carbocycles. The fourth-order valence-electron chi connectivity index (χ4n) is 1.09. The Labute approximate surface area is 109 Å². The molecule has 16 heavy (non-hydrogen) atoms. The van der Waals surface area contributed by atoms with Crippen LogP contribution in [-0.4, -0.2) is 35.4 Å². The standard InChI is InChI=1S/C10H16BrClO4/c1-3-15-8(13)10(11,6-5-7-12)9(14)16-4-2/h3-7H2,1-2H3. The number of halogens is 2. The lowest BCUT2D eigenvalue weighted by atomic mass is 10.0. The second-order valence-corrected chi connectivity index (χ2v) is 4.77. The van der Waals surface area contributed by atoms with Gasteiger partial charge in [0.1, 0.15) is 0 Å². The van der Waals surface area contributed by atoms with E-state index in [9.17, 15) is 9.59 Å². The summed E-state index contributed by atoms with van der Waals surface area (Å²) in [6.45, 7) is 3.79. The first-order chi connectivity index (χ1) is 7.52. The number of alkyl halides is 2. The summed E-state index contributed by atoms with van der Waals surface area (Å²) >= 11 is 8.66. The molecule has 0 heterocycles. The molecule has 0 aromatic heterocycles. The van der Waals surface area contributed by atoms with E-state index >= 15 is 0 Å². The Kier molecular flexibility index (Phi) is 7.76. The van der Waals surface area contributed by atoms with Gasteiger partial charge >= 0.3 is 11.9 Å². The topological polar surface area (TPSA) is 52.6 Å². The van der Waals surface area contributed by atoms with E-state index in [0.29, 0.717) is 12.3 Å². The minimum atomic E-state index is -1.42. The Morgan fingerprint density at radius 1 is 1.19 bits per heavy atom. The highest BCUT2D eigenvalue weighted by molar-refractivity contribution is 9.10. The zero-order chi connectivity index (χ0) is 12.6. The van der Waals surface area contributed by atoms with Gasteiger partial charge in [-0.3, -0.25) is 0 Å². The number of hydrogen-bond acceptors (Lipinski definition) is 4. The van der Waals surface area contributed by atoms with E-state index in [1.165, 1.54) is 0 Å². The zero-order valence-corrected chi connectivity index (χ0v) is 11.8. The number of carbonyl (C=O) groups excluding carboxylic acids is 2. The zero-order valence-electron chi connectivity index (χ0n) is 9.42. The molecule has 0 saturated heterocycles. The van der Waals surface area contributed by atoms with Gasteiger partial charge in [0.25, 0.3) is 0 Å². The number of carbonyl (C=O) groups is 2. The molecule has 0 bridgehead atoms. The molecule has 0 aliphatic rings. The van der Waals surface area contributed by atoms with Gasteiger partial charge in [0.2, 0.25) is 4.32 Å². The minimum Gasteiger partial charge on any atom is -0.465 e. The second kappa shape index (κ2) is 7.90. The highest BCUT2D eigenvalue weighted by Crippen LogP contribution is 2.28. The second-order valence-electron chi connectivity index (χ2n) is 3.03. The van der Waals surface area contributed by atoms with Crippen LogP contribution in [0.4, 0.5) is 0 Å². The van der Waals surface area contributed by atoms with Crippen molar-refractivity contribution in [1.29, 1.82) is 0 Å². The lowest BCUT2D eigenvalue weighted by Gasteiger charge is -2.22. The molecule has 0 aromatic carbocycles. The minimum absolute atomic E-state index is 0.215. The van der Waals surface area contributed by atoms with E-state index in [1.54, 1.807) is 13.8 Å². The number of hydrogen-bond donors (Lipinski definition) is 0. The van der Waals surface area contributed by atoms with Crippen LogP contribution in [0, 0.1) is 0 Å². The van der Waals surface area contributed by atoms with Crippen LogP contribution in [0.2, 0.25) is 0 Å². The third-order valence-electron chi connectivity index (χ3n) is 1.85. The van der Waals surface area contributed by atoms with Crippen LogP contribution in [0.15, 0.2) is 0 Å². The van der Waals surface area contributed by atoms with Crippen LogP contribution in [-0.2, 0) is 19.1 Å². The summed E-state index contributed by atoms with van der Waals surface area (Å²) in [5, 5.41) is 0. The number of rotatable bonds is 7. The van der Waals surface area contributed by atoms with Crippen LogP contribution in [0.3, 0.4) is 0 Å². The quantitative estimate of drug-likeness (QED) is 0.411. The normalized spacial score (nSPS) is 11.0. The molecule has 0 atom stereocenters. The summed E-state index contributed by atoms with van der Waals surface area (Å²) in [5.74, 6) is -0.885. The van der Waals surface area contributed by atoms with Gasteiger partial charge in [-0.15, -0.1) is 11.6 Å². The first-order valence-corrected chi connectivity index (χ1v) is 6.45. The van der Waals surface area contributed by atoms with Gasteiger partial charge in [-0.1, -0.05) is 15.9 Å². The summed E-state index contributed by atoms with van der Waals surface area (Å²) in [6.07, 6.45) is 0.776. The molecule has 0 radical (unpaired) electrons. The van der Waals surface area contributed by atoms with E-state index in [1.807, 2.05) is 0 Å². The molecule has 0 fully saturated rings. The van der Waals surface area contributed by atoms with E-state index < -0.39 is 16.3 Å². The van der Waals surface area contributed by atoms with Crippen LogP contribution in [0.25, 0.3) is 0 Å². The van der Waals surface area contributed by atoms with Crippen LogP contribution >= 0.6 is 27.5 Å². The number of esters is 2. The molecule has 0 rings (SSSR count). The molecule has 6 heteroatoms. The summed E-state index contributed by atoms with van der Waals surface area (Å²) in [7, 11) is 0. The maximum Gasteiger partial charge on any atom is 0.334 e. The molecule has 0 aromatic rings. The lowest BCUT2D eigenvalue weighted by molar-refractivity contribution is -0.158. The maximum absolute atomic E-state index is 11.7. The van der Waals surface area contributed by atoms with Crippen molar-refractivity contribution in [2.75, 3.05) is 19.1 Å². The molecule has 0 spiro atoms. The molecule has 0 amide bonds. The summed E-state index contributed by atoms with van der Waals surface area (Å²) in [5.41, 5.74) is 0. The van der Waals surface area contributed by atoms with Gasteiger partial charge in [-0.25, -0.2) is 9.59 Å². The van der Waals surface area contributed by atoms with Crippen molar-refractivity contribution in [3.63, 3.8) is 0 Å². The van der Waals surface area contributed by atoms with Crippen molar-refractivity contribution >= 4 is 39.5 Å². The van der Waals surface area contributed by atoms with Crippen molar-refractivity contribution in [3.05, 3.63) is 0 Å². The van der Waals surface area contributed by atoms with Crippen molar-refractivity contribution in [3.8, 4) is 0 Å². The highest BCUT2D eigenvalue weighted by atomic mass is 79.9. The molecule has 0 unspecified atom stereocenters. The van der Waals surface area contributed by atoms with Crippen LogP contribution in [0.5, 0.6) is 0 Å². The Bertz CT molecular complexity index is 227. The fourth-order valence-corrected chi connectivity index (χ4v) is 1.73. The highest BCUT2D eigenvalue weighted by Gasteiger charge is 2.45. The average Bonchev–Trinajstić information content (AvgIpc) is 2.26. The first-order valence-electron chi connectivity index (χ1n) is 5.12. The lowest BCUT2D eigenvalue weighted by Crippen LogP contribution is -2.43. The molecular weight excluding hydrogens is 299 g/mol. The monoisotopic (exact) mass is 314 g/mol. The average molecular weight is 316 g/mol. The predicted octanol–water partition coefficient (Wildman–Crippen LogP) is 2.27. The Morgan fingerprint density at radius 2 is 1.62 bits per heavy atom. The van der Waals surface area contributed by atoms with Crippen molar-refractivity contribution in [2.24, 2.45) is 0 Å². The summed E-state index contributed by atoms with van der Waals surface area (Å²) < 4.78 is 8.26. The van der Waals surface area contributed by atoms with Crippen LogP contribution in [0.1, 0.15) is 26.7 Å². The Hall–Kier alpha value is -0.290. The SMILES string of the molecule is CCOC(=O)C(Br)(CCCCl)C(=O)OCC. The molecule has 4 nitrogen and oxygen atoms in total. The van der Waals surface area contributed by atoms with Crippen molar-refractivity contribution in [1.82, 2.24) is 0 Å². The maximum atomic E-state index is 11.7. The number of ether oxygens (including phenoxy) is 2. The van der Waals surface area contributed by atoms with E-state index in [-0.39, 0.29) is 19.6 Å². The van der Waals surface area contributed by atoms with Gasteiger partial charge in [0, 0.05) is 5.88 Å². The van der Waals surface area contributed by atoms with Gasteiger partial charge in [0.15, 0.2) is 0 Å². The molecule has 0 N–H and O–H groups in total. The Balaban J connectivity index is 4.71. The smallest absolute Gasteiger partial charge is 0.334 e. The summed E-state index contributed by atoms with van der Waals surface area (Å²) in [6, 6.07) is 0. The van der Waals surface area contributed by atoms with Gasteiger partial charge in [0.05, 0.1) is 13.2 Å². The first kappa shape index (κ1) is 15.7. The predicted molar refractivity (Wildman–Crippen MR) is 64.9 cm³/mol. The Morgan fingerprint density at radius 3 is 1.94 bits per heavy atom. The van der Waals surface area contributed by atoms with Crippen molar-refractivity contribution in [2.45, 2.75) is 31.0 Å². The van der Waals surface area contributed by atoms with Gasteiger partial charge < -0.3 is 9.47 Å². The molecule has 0 aliphatic heterocycles. The molecule has 0 saturated carbocycles. The van der Waals surface area contributed by atoms with Crippen molar-refractivity contribution < 1.29 is 19.1 Å². The molecular formula is C10H16BrClO4. The van der Waals surface area contributed by atoms with Gasteiger partial charge in [-0.05, 0) is 26.7 Å². The fraction of sp³-hybridized carbons (Fsp3) is 0.800. The third kappa shape index (κ3) is 4.29. The largest absolute Gasteiger partial charge is 0.465 e. The van der Waals surface area contributed by atoms with E-state index in [4.69, 9.17) is 21.1 Å².